The molecule has 0 spiro atoms. The highest BCUT2D eigenvalue weighted by Gasteiger charge is 2.28. The highest BCUT2D eigenvalue weighted by molar-refractivity contribution is 6.06. The van der Waals surface area contributed by atoms with Crippen molar-refractivity contribution in [1.82, 2.24) is 5.32 Å². The number of aromatic nitrogens is 1. The molecule has 2 rings (SSSR count). The lowest BCUT2D eigenvalue weighted by atomic mass is 9.98. The molecule has 84 valence electrons. The van der Waals surface area contributed by atoms with Crippen LogP contribution in [0, 0.1) is 5.92 Å². The predicted octanol–water partition coefficient (Wildman–Crippen LogP) is -0.0346. The number of hydrogen-bond donors (Lipinski definition) is 2. The number of carbonyl (C=O) groups excluding carboxylic acids is 2. The summed E-state index contributed by atoms with van der Waals surface area (Å²) < 4.78 is 0. The van der Waals surface area contributed by atoms with E-state index in [4.69, 9.17) is 0 Å². The van der Waals surface area contributed by atoms with E-state index in [2.05, 4.69) is 15.6 Å². The largest absolute Gasteiger partial charge is 0.355 e. The lowest BCUT2D eigenvalue weighted by Crippen LogP contribution is -2.42. The molecule has 2 heterocycles. The van der Waals surface area contributed by atoms with Crippen molar-refractivity contribution >= 4 is 17.5 Å². The summed E-state index contributed by atoms with van der Waals surface area (Å²) in [6, 6.07) is 3.50. The predicted molar refractivity (Wildman–Crippen MR) is 57.4 cm³/mol. The maximum atomic E-state index is 11.8. The van der Waals surface area contributed by atoms with E-state index in [1.54, 1.807) is 24.5 Å². The molecule has 1 saturated heterocycles. The third-order valence-electron chi connectivity index (χ3n) is 2.59. The van der Waals surface area contributed by atoms with Crippen LogP contribution in [0.1, 0.15) is 12.8 Å². The molecule has 0 aromatic carbocycles. The van der Waals surface area contributed by atoms with Crippen molar-refractivity contribution in [2.24, 2.45) is 5.92 Å². The zero-order valence-corrected chi connectivity index (χ0v) is 8.82. The molecule has 1 aromatic heterocycles. The molecule has 0 saturated carbocycles. The second kappa shape index (κ2) is 4.74. The van der Waals surface area contributed by atoms with Crippen LogP contribution in [0.2, 0.25) is 0 Å². The van der Waals surface area contributed by atoms with Crippen LogP contribution in [-0.2, 0) is 9.59 Å². The Kier molecular flexibility index (Phi) is 3.14. The minimum atomic E-state index is -0.557. The van der Waals surface area contributed by atoms with Gasteiger partial charge in [0.15, 0.2) is 12.4 Å². The summed E-state index contributed by atoms with van der Waals surface area (Å²) >= 11 is 0. The van der Waals surface area contributed by atoms with Crippen molar-refractivity contribution in [2.75, 3.05) is 11.9 Å². The highest BCUT2D eigenvalue weighted by atomic mass is 16.2. The summed E-state index contributed by atoms with van der Waals surface area (Å²) in [5.41, 5.74) is 0.696. The molecule has 16 heavy (non-hydrogen) atoms. The van der Waals surface area contributed by atoms with Gasteiger partial charge in [-0.05, 0) is 12.8 Å². The fourth-order valence-corrected chi connectivity index (χ4v) is 1.72. The quantitative estimate of drug-likeness (QED) is 0.687. The number of rotatable bonds is 2. The monoisotopic (exact) mass is 220 g/mol. The van der Waals surface area contributed by atoms with E-state index in [1.165, 1.54) is 0 Å². The van der Waals surface area contributed by atoms with E-state index >= 15 is 0 Å². The molecule has 5 nitrogen and oxygen atoms in total. The van der Waals surface area contributed by atoms with Gasteiger partial charge in [-0.1, -0.05) is 0 Å². The molecular weight excluding hydrogens is 206 g/mol. The van der Waals surface area contributed by atoms with Gasteiger partial charge in [0.25, 0.3) is 0 Å². The Balaban J connectivity index is 2.00. The maximum Gasteiger partial charge on any atom is 0.236 e. The molecule has 1 unspecified atom stereocenters. The Labute approximate surface area is 93.3 Å². The first-order chi connectivity index (χ1) is 7.77. The number of aromatic amines is 1. The van der Waals surface area contributed by atoms with Crippen LogP contribution in [-0.4, -0.2) is 18.4 Å². The molecule has 0 radical (unpaired) electrons. The van der Waals surface area contributed by atoms with Crippen LogP contribution >= 0.6 is 0 Å². The zero-order chi connectivity index (χ0) is 11.4. The summed E-state index contributed by atoms with van der Waals surface area (Å²) in [5, 5.41) is 5.42. The van der Waals surface area contributed by atoms with Crippen LogP contribution in [0.5, 0.6) is 0 Å². The van der Waals surface area contributed by atoms with Gasteiger partial charge in [-0.25, -0.2) is 4.98 Å². The Morgan fingerprint density at radius 3 is 2.88 bits per heavy atom. The second-order valence-electron chi connectivity index (χ2n) is 3.76. The van der Waals surface area contributed by atoms with Crippen molar-refractivity contribution in [1.29, 1.82) is 0 Å². The summed E-state index contributed by atoms with van der Waals surface area (Å²) in [5.74, 6) is -0.965. The van der Waals surface area contributed by atoms with Crippen molar-refractivity contribution in [3.8, 4) is 0 Å². The normalized spacial score (nSPS) is 20.0. The van der Waals surface area contributed by atoms with E-state index in [1.807, 2.05) is 0 Å². The topological polar surface area (TPSA) is 72.3 Å². The number of nitrogens with one attached hydrogen (secondary N) is 3. The Bertz CT molecular complexity index is 391. The van der Waals surface area contributed by atoms with E-state index < -0.39 is 5.92 Å². The van der Waals surface area contributed by atoms with Crippen molar-refractivity contribution in [3.05, 3.63) is 24.5 Å². The average Bonchev–Trinajstić information content (AvgIpc) is 2.31. The fourth-order valence-electron chi connectivity index (χ4n) is 1.72. The Hall–Kier alpha value is -1.91. The minimum Gasteiger partial charge on any atom is -0.355 e. The molecule has 1 aliphatic heterocycles. The second-order valence-corrected chi connectivity index (χ2v) is 3.76. The van der Waals surface area contributed by atoms with Crippen LogP contribution in [0.25, 0.3) is 0 Å². The molecule has 0 bridgehead atoms. The number of piperidine rings is 1. The van der Waals surface area contributed by atoms with Gasteiger partial charge in [0, 0.05) is 18.7 Å². The molecule has 0 aliphatic carbocycles. The molecule has 1 atom stereocenters. The summed E-state index contributed by atoms with van der Waals surface area (Å²) in [6.07, 6.45) is 4.91. The number of anilines is 1. The summed E-state index contributed by atoms with van der Waals surface area (Å²) in [7, 11) is 0. The smallest absolute Gasteiger partial charge is 0.236 e. The van der Waals surface area contributed by atoms with E-state index in [0.29, 0.717) is 18.7 Å². The number of H-pyrrole nitrogens is 1. The average molecular weight is 220 g/mol. The Morgan fingerprint density at radius 2 is 2.19 bits per heavy atom. The van der Waals surface area contributed by atoms with Gasteiger partial charge >= 0.3 is 0 Å². The van der Waals surface area contributed by atoms with Crippen LogP contribution in [0.4, 0.5) is 5.69 Å². The molecule has 3 N–H and O–H groups in total. The third-order valence-corrected chi connectivity index (χ3v) is 2.59. The van der Waals surface area contributed by atoms with E-state index in [-0.39, 0.29) is 11.8 Å². The van der Waals surface area contributed by atoms with Crippen LogP contribution in [0.3, 0.4) is 0 Å². The van der Waals surface area contributed by atoms with Gasteiger partial charge in [0.2, 0.25) is 11.8 Å². The van der Waals surface area contributed by atoms with Gasteiger partial charge in [0.1, 0.15) is 5.92 Å². The summed E-state index contributed by atoms with van der Waals surface area (Å²) in [6.45, 7) is 0.670. The first-order valence-electron chi connectivity index (χ1n) is 5.32. The van der Waals surface area contributed by atoms with Crippen LogP contribution in [0.15, 0.2) is 24.5 Å². The Morgan fingerprint density at radius 1 is 1.44 bits per heavy atom. The van der Waals surface area contributed by atoms with Gasteiger partial charge in [-0.3, -0.25) is 9.59 Å². The molecule has 5 heteroatoms. The lowest BCUT2D eigenvalue weighted by Gasteiger charge is -2.20. The first-order valence-corrected chi connectivity index (χ1v) is 5.32. The van der Waals surface area contributed by atoms with Gasteiger partial charge in [-0.15, -0.1) is 0 Å². The van der Waals surface area contributed by atoms with E-state index in [9.17, 15) is 9.59 Å². The first kappa shape index (κ1) is 10.6. The number of pyridine rings is 1. The van der Waals surface area contributed by atoms with Crippen molar-refractivity contribution in [3.63, 3.8) is 0 Å². The van der Waals surface area contributed by atoms with Gasteiger partial charge in [-0.2, -0.15) is 0 Å². The van der Waals surface area contributed by atoms with Crippen molar-refractivity contribution < 1.29 is 14.6 Å². The fraction of sp³-hybridized carbons (Fsp3) is 0.364. The number of hydrogen-bond acceptors (Lipinski definition) is 2. The molecule has 1 aliphatic rings. The van der Waals surface area contributed by atoms with Crippen molar-refractivity contribution in [2.45, 2.75) is 12.8 Å². The number of carbonyl (C=O) groups is 2. The molecule has 1 aromatic rings. The lowest BCUT2D eigenvalue weighted by molar-refractivity contribution is -0.377. The SMILES string of the molecule is O=C1NCCCC1C(=O)Nc1cc[nH+]cc1. The van der Waals surface area contributed by atoms with Gasteiger partial charge in [0.05, 0.1) is 5.69 Å². The standard InChI is InChI=1S/C11H13N3O2/c15-10-9(2-1-5-13-10)11(16)14-8-3-6-12-7-4-8/h3-4,6-7,9H,1-2,5H2,(H,13,15)(H,12,14,16)/p+1. The minimum absolute atomic E-state index is 0.175. The highest BCUT2D eigenvalue weighted by Crippen LogP contribution is 2.14. The maximum absolute atomic E-state index is 11.8. The molecule has 2 amide bonds. The van der Waals surface area contributed by atoms with E-state index in [0.717, 1.165) is 6.42 Å². The van der Waals surface area contributed by atoms with Gasteiger partial charge < -0.3 is 10.6 Å². The number of amides is 2. The molecular formula is C11H14N3O2+. The third kappa shape index (κ3) is 2.36. The summed E-state index contributed by atoms with van der Waals surface area (Å²) in [4.78, 5) is 26.1. The molecule has 1 fully saturated rings. The van der Waals surface area contributed by atoms with Crippen LogP contribution < -0.4 is 15.6 Å². The zero-order valence-electron chi connectivity index (χ0n) is 8.82.